The van der Waals surface area contributed by atoms with Crippen LogP contribution in [0, 0.1) is 11.3 Å². The third-order valence-corrected chi connectivity index (χ3v) is 6.70. The molecule has 1 fully saturated rings. The van der Waals surface area contributed by atoms with Crippen molar-refractivity contribution in [2.45, 2.75) is 38.6 Å². The summed E-state index contributed by atoms with van der Waals surface area (Å²) in [5, 5.41) is 18.0. The second kappa shape index (κ2) is 10.7. The predicted molar refractivity (Wildman–Crippen MR) is 135 cm³/mol. The summed E-state index contributed by atoms with van der Waals surface area (Å²) in [4.78, 5) is 27.0. The number of carbonyl (C=O) groups is 1. The van der Waals surface area contributed by atoms with E-state index >= 15 is 0 Å². The van der Waals surface area contributed by atoms with Crippen LogP contribution in [0.4, 0.5) is 0 Å². The molecule has 34 heavy (non-hydrogen) atoms. The number of rotatable bonds is 9. The van der Waals surface area contributed by atoms with Crippen molar-refractivity contribution in [3.8, 4) is 11.1 Å². The number of nitrogens with one attached hydrogen (secondary N) is 1. The quantitative estimate of drug-likeness (QED) is 0.255. The van der Waals surface area contributed by atoms with E-state index in [-0.39, 0.29) is 17.3 Å². The van der Waals surface area contributed by atoms with Crippen LogP contribution in [0.5, 0.6) is 0 Å². The average molecular weight is 461 g/mol. The van der Waals surface area contributed by atoms with Gasteiger partial charge in [-0.05, 0) is 67.9 Å². The molecule has 1 unspecified atom stereocenters. The van der Waals surface area contributed by atoms with Crippen molar-refractivity contribution >= 4 is 22.7 Å². The van der Waals surface area contributed by atoms with Gasteiger partial charge < -0.3 is 20.3 Å². The summed E-state index contributed by atoms with van der Waals surface area (Å²) in [7, 11) is 0. The zero-order valence-corrected chi connectivity index (χ0v) is 19.4. The van der Waals surface area contributed by atoms with E-state index in [4.69, 9.17) is 11.1 Å². The van der Waals surface area contributed by atoms with Crippen LogP contribution in [0.2, 0.25) is 0 Å². The molecule has 0 bridgehead atoms. The predicted octanol–water partition coefficient (Wildman–Crippen LogP) is 3.92. The number of likely N-dealkylation sites (tertiary alicyclic amines) is 1. The van der Waals surface area contributed by atoms with E-state index in [1.807, 2.05) is 47.0 Å². The molecule has 0 amide bonds. The number of carboxylic acid groups (broad SMARTS) is 1. The van der Waals surface area contributed by atoms with Crippen LogP contribution in [-0.2, 0) is 11.3 Å². The fraction of sp³-hybridized carbons (Fsp3) is 0.370. The molecular formula is C27H32N4O3. The Balaban J connectivity index is 1.47. The molecule has 2 heterocycles. The van der Waals surface area contributed by atoms with Gasteiger partial charge in [0.1, 0.15) is 5.84 Å². The molecule has 7 nitrogen and oxygen atoms in total. The molecule has 4 rings (SSSR count). The highest BCUT2D eigenvalue weighted by molar-refractivity contribution is 5.96. The third kappa shape index (κ3) is 5.37. The number of aryl methyl sites for hydroxylation is 1. The van der Waals surface area contributed by atoms with Gasteiger partial charge in [-0.2, -0.15) is 0 Å². The van der Waals surface area contributed by atoms with Crippen molar-refractivity contribution in [2.24, 2.45) is 11.7 Å². The molecule has 0 spiro atoms. The first-order valence-electron chi connectivity index (χ1n) is 12.0. The highest BCUT2D eigenvalue weighted by atomic mass is 16.4. The number of nitrogen functional groups attached to an aromatic ring is 1. The Bertz CT molecular complexity index is 1250. The molecule has 0 radical (unpaired) electrons. The Morgan fingerprint density at radius 3 is 2.65 bits per heavy atom. The maximum absolute atomic E-state index is 13.5. The second-order valence-corrected chi connectivity index (χ2v) is 9.11. The summed E-state index contributed by atoms with van der Waals surface area (Å²) in [5.74, 6) is -0.959. The van der Waals surface area contributed by atoms with Crippen LogP contribution in [0.1, 0.15) is 37.7 Å². The molecule has 2 aromatic carbocycles. The average Bonchev–Trinajstić information content (AvgIpc) is 2.85. The van der Waals surface area contributed by atoms with Gasteiger partial charge in [-0.3, -0.25) is 15.0 Å². The van der Waals surface area contributed by atoms with Crippen molar-refractivity contribution in [3.05, 3.63) is 70.5 Å². The summed E-state index contributed by atoms with van der Waals surface area (Å²) in [6.45, 7) is 3.13. The topological polar surface area (TPSA) is 112 Å². The summed E-state index contributed by atoms with van der Waals surface area (Å²) < 4.78 is 1.85. The van der Waals surface area contributed by atoms with Crippen molar-refractivity contribution in [1.29, 1.82) is 5.41 Å². The van der Waals surface area contributed by atoms with Crippen LogP contribution in [-0.4, -0.2) is 46.0 Å². The molecule has 3 aromatic rings. The summed E-state index contributed by atoms with van der Waals surface area (Å²) in [6.07, 6.45) is 4.54. The lowest BCUT2D eigenvalue weighted by Crippen LogP contribution is -2.39. The van der Waals surface area contributed by atoms with Gasteiger partial charge >= 0.3 is 5.97 Å². The molecule has 178 valence electrons. The van der Waals surface area contributed by atoms with Crippen LogP contribution in [0.3, 0.4) is 0 Å². The normalized spacial score (nSPS) is 16.5. The summed E-state index contributed by atoms with van der Waals surface area (Å²) in [5.41, 5.74) is 8.49. The highest BCUT2D eigenvalue weighted by Gasteiger charge is 2.24. The lowest BCUT2D eigenvalue weighted by molar-refractivity contribution is -0.143. The minimum atomic E-state index is -0.690. The van der Waals surface area contributed by atoms with Gasteiger partial charge in [0.25, 0.3) is 5.56 Å². The molecule has 4 N–H and O–H groups in total. The van der Waals surface area contributed by atoms with Gasteiger partial charge in [0.2, 0.25) is 0 Å². The van der Waals surface area contributed by atoms with E-state index in [0.717, 1.165) is 61.7 Å². The van der Waals surface area contributed by atoms with Crippen molar-refractivity contribution < 1.29 is 9.90 Å². The molecule has 0 aliphatic carbocycles. The second-order valence-electron chi connectivity index (χ2n) is 9.11. The molecule has 1 atom stereocenters. The molecular weight excluding hydrogens is 428 g/mol. The number of hydrogen-bond donors (Lipinski definition) is 3. The third-order valence-electron chi connectivity index (χ3n) is 6.70. The Morgan fingerprint density at radius 1 is 1.06 bits per heavy atom. The zero-order valence-electron chi connectivity index (χ0n) is 19.4. The maximum Gasteiger partial charge on any atom is 0.307 e. The van der Waals surface area contributed by atoms with E-state index in [1.54, 1.807) is 12.1 Å². The number of para-hydroxylation sites is 1. The number of hydrogen-bond acceptors (Lipinski definition) is 4. The van der Waals surface area contributed by atoms with E-state index in [0.29, 0.717) is 24.2 Å². The number of unbranched alkanes of at least 4 members (excludes halogenated alkanes) is 2. The van der Waals surface area contributed by atoms with Crippen LogP contribution >= 0.6 is 0 Å². The number of aromatic nitrogens is 1. The SMILES string of the molecule is N=C(N)c1cccc(-c2cc3ccccc3n(CCCCCN3CCCC(C(=O)O)C3)c2=O)c1. The first kappa shape index (κ1) is 23.7. The van der Waals surface area contributed by atoms with E-state index in [9.17, 15) is 14.7 Å². The Morgan fingerprint density at radius 2 is 1.85 bits per heavy atom. The number of nitrogens with two attached hydrogens (primary N) is 1. The van der Waals surface area contributed by atoms with Gasteiger partial charge in [-0.1, -0.05) is 42.8 Å². The monoisotopic (exact) mass is 460 g/mol. The first-order valence-corrected chi connectivity index (χ1v) is 12.0. The largest absolute Gasteiger partial charge is 0.481 e. The maximum atomic E-state index is 13.5. The number of aliphatic carboxylic acids is 1. The van der Waals surface area contributed by atoms with Crippen LogP contribution < -0.4 is 11.3 Å². The first-order chi connectivity index (χ1) is 16.4. The van der Waals surface area contributed by atoms with E-state index in [2.05, 4.69) is 4.90 Å². The lowest BCUT2D eigenvalue weighted by atomic mass is 9.98. The van der Waals surface area contributed by atoms with Crippen LogP contribution in [0.15, 0.2) is 59.4 Å². The number of fused-ring (bicyclic) bond motifs is 1. The Kier molecular flexibility index (Phi) is 7.43. The smallest absolute Gasteiger partial charge is 0.307 e. The molecule has 1 aromatic heterocycles. The standard InChI is InChI=1S/C27H32N4O3/c28-25(29)21-10-6-9-19(16-21)23-17-20-8-2-3-12-24(20)31(26(23)32)15-5-1-4-13-30-14-7-11-22(18-30)27(33)34/h2-3,6,8-10,12,16-17,22H,1,4-5,7,11,13-15,18H2,(H3,28,29)(H,33,34). The van der Waals surface area contributed by atoms with Crippen LogP contribution in [0.25, 0.3) is 22.0 Å². The van der Waals surface area contributed by atoms with Gasteiger partial charge in [-0.25, -0.2) is 0 Å². The van der Waals surface area contributed by atoms with Gasteiger partial charge in [0, 0.05) is 24.2 Å². The number of piperidine rings is 1. The minimum absolute atomic E-state index is 0.0219. The molecule has 1 saturated heterocycles. The van der Waals surface area contributed by atoms with Gasteiger partial charge in [0.15, 0.2) is 0 Å². The molecule has 1 aliphatic heterocycles. The number of amidine groups is 1. The lowest BCUT2D eigenvalue weighted by Gasteiger charge is -2.30. The number of benzene rings is 2. The fourth-order valence-electron chi connectivity index (χ4n) is 4.85. The van der Waals surface area contributed by atoms with E-state index in [1.165, 1.54) is 0 Å². The van der Waals surface area contributed by atoms with Gasteiger partial charge in [0.05, 0.1) is 11.4 Å². The number of carboxylic acids is 1. The Hall–Kier alpha value is -3.45. The van der Waals surface area contributed by atoms with Crippen molar-refractivity contribution in [1.82, 2.24) is 9.47 Å². The Labute approximate surface area is 199 Å². The summed E-state index contributed by atoms with van der Waals surface area (Å²) >= 11 is 0. The van der Waals surface area contributed by atoms with Crippen molar-refractivity contribution in [3.63, 3.8) is 0 Å². The molecule has 1 aliphatic rings. The minimum Gasteiger partial charge on any atom is -0.481 e. The summed E-state index contributed by atoms with van der Waals surface area (Å²) in [6, 6.07) is 17.1. The fourth-order valence-corrected chi connectivity index (χ4v) is 4.85. The van der Waals surface area contributed by atoms with E-state index < -0.39 is 5.97 Å². The number of pyridine rings is 1. The van der Waals surface area contributed by atoms with Crippen molar-refractivity contribution in [2.75, 3.05) is 19.6 Å². The zero-order chi connectivity index (χ0) is 24.1. The molecule has 0 saturated carbocycles. The van der Waals surface area contributed by atoms with Gasteiger partial charge in [-0.15, -0.1) is 0 Å². The number of nitrogens with zero attached hydrogens (tertiary/aromatic N) is 2. The highest BCUT2D eigenvalue weighted by Crippen LogP contribution is 2.23. The molecule has 7 heteroatoms.